The fourth-order valence-electron chi connectivity index (χ4n) is 2.68. The first kappa shape index (κ1) is 21.0. The Bertz CT molecular complexity index is 1070. The van der Waals surface area contributed by atoms with Gasteiger partial charge < -0.3 is 10.2 Å². The summed E-state index contributed by atoms with van der Waals surface area (Å²) in [5, 5.41) is 5.16. The minimum atomic E-state index is -0.421. The summed E-state index contributed by atoms with van der Waals surface area (Å²) in [4.78, 5) is 39.7. The Balaban J connectivity index is 1.72. The minimum absolute atomic E-state index is 0.194. The molecule has 0 bridgehead atoms. The molecule has 3 aromatic rings. The first-order chi connectivity index (χ1) is 13.9. The summed E-state index contributed by atoms with van der Waals surface area (Å²) in [6.07, 6.45) is 0. The number of carbonyl (C=O) groups excluding carboxylic acids is 3. The van der Waals surface area contributed by atoms with Gasteiger partial charge in [0.1, 0.15) is 0 Å². The van der Waals surface area contributed by atoms with Crippen molar-refractivity contribution in [2.24, 2.45) is 0 Å². The molecule has 0 spiro atoms. The third kappa shape index (κ3) is 5.03. The van der Waals surface area contributed by atoms with Crippen LogP contribution in [0.1, 0.15) is 25.6 Å². The minimum Gasteiger partial charge on any atom is -0.332 e. The average Bonchev–Trinajstić information content (AvgIpc) is 3.24. The van der Waals surface area contributed by atoms with E-state index in [2.05, 4.69) is 5.32 Å². The molecule has 29 heavy (non-hydrogen) atoms. The lowest BCUT2D eigenvalue weighted by Gasteiger charge is -2.18. The molecule has 0 atom stereocenters. The molecule has 1 N–H and O–H groups in total. The highest BCUT2D eigenvalue weighted by atomic mass is 35.5. The van der Waals surface area contributed by atoms with Crippen molar-refractivity contribution in [1.29, 1.82) is 0 Å². The van der Waals surface area contributed by atoms with E-state index in [1.54, 1.807) is 53.9 Å². The van der Waals surface area contributed by atoms with Gasteiger partial charge in [-0.1, -0.05) is 47.5 Å². The van der Waals surface area contributed by atoms with Crippen LogP contribution in [0.4, 0.5) is 5.69 Å². The lowest BCUT2D eigenvalue weighted by atomic mass is 10.0. The van der Waals surface area contributed by atoms with Crippen LogP contribution in [0.2, 0.25) is 10.0 Å². The van der Waals surface area contributed by atoms with Gasteiger partial charge in [0.2, 0.25) is 11.7 Å². The molecule has 0 aliphatic rings. The molecule has 1 aromatic heterocycles. The number of hydrogen-bond acceptors (Lipinski definition) is 4. The summed E-state index contributed by atoms with van der Waals surface area (Å²) in [6.45, 7) is -0.194. The smallest absolute Gasteiger partial charge is 0.254 e. The van der Waals surface area contributed by atoms with Crippen LogP contribution in [0.3, 0.4) is 0 Å². The van der Waals surface area contributed by atoms with E-state index in [4.69, 9.17) is 23.2 Å². The molecule has 0 radical (unpaired) electrons. The maximum absolute atomic E-state index is 12.9. The number of hydrogen-bond donors (Lipinski definition) is 1. The predicted molar refractivity (Wildman–Crippen MR) is 116 cm³/mol. The fraction of sp³-hybridized carbons (Fsp3) is 0.0952. The van der Waals surface area contributed by atoms with Gasteiger partial charge in [-0.2, -0.15) is 0 Å². The Morgan fingerprint density at radius 2 is 1.69 bits per heavy atom. The fourth-order valence-corrected chi connectivity index (χ4v) is 3.65. The van der Waals surface area contributed by atoms with Crippen LogP contribution >= 0.6 is 34.5 Å². The van der Waals surface area contributed by atoms with Gasteiger partial charge in [0.15, 0.2) is 0 Å². The molecular formula is C21H16Cl2N2O3S. The van der Waals surface area contributed by atoms with Crippen LogP contribution in [0.5, 0.6) is 0 Å². The highest BCUT2D eigenvalue weighted by molar-refractivity contribution is 7.12. The predicted octanol–water partition coefficient (Wildman–Crippen LogP) is 5.00. The van der Waals surface area contributed by atoms with Gasteiger partial charge in [0.05, 0.1) is 27.0 Å². The van der Waals surface area contributed by atoms with Gasteiger partial charge in [-0.05, 0) is 35.7 Å². The second kappa shape index (κ2) is 9.22. The third-order valence-corrected chi connectivity index (χ3v) is 5.69. The van der Waals surface area contributed by atoms with Crippen molar-refractivity contribution in [3.63, 3.8) is 0 Å². The van der Waals surface area contributed by atoms with E-state index in [0.29, 0.717) is 26.2 Å². The van der Waals surface area contributed by atoms with Crippen LogP contribution in [-0.4, -0.2) is 36.1 Å². The summed E-state index contributed by atoms with van der Waals surface area (Å²) in [6, 6.07) is 14.8. The highest BCUT2D eigenvalue weighted by Gasteiger charge is 2.22. The Kier molecular flexibility index (Phi) is 6.69. The highest BCUT2D eigenvalue weighted by Crippen LogP contribution is 2.25. The molecule has 0 aliphatic carbocycles. The summed E-state index contributed by atoms with van der Waals surface area (Å²) in [5.41, 5.74) is 1.02. The first-order valence-electron chi connectivity index (χ1n) is 8.54. The Labute approximate surface area is 181 Å². The van der Waals surface area contributed by atoms with E-state index in [9.17, 15) is 14.4 Å². The molecule has 1 heterocycles. The number of thiophene rings is 1. The number of amides is 2. The van der Waals surface area contributed by atoms with Crippen molar-refractivity contribution >= 4 is 57.8 Å². The number of anilines is 1. The van der Waals surface area contributed by atoms with Gasteiger partial charge in [-0.15, -0.1) is 11.3 Å². The van der Waals surface area contributed by atoms with E-state index in [1.165, 1.54) is 29.4 Å². The van der Waals surface area contributed by atoms with Crippen LogP contribution in [0.25, 0.3) is 0 Å². The van der Waals surface area contributed by atoms with Crippen molar-refractivity contribution in [3.8, 4) is 0 Å². The van der Waals surface area contributed by atoms with Crippen molar-refractivity contribution in [2.45, 2.75) is 0 Å². The largest absolute Gasteiger partial charge is 0.332 e. The van der Waals surface area contributed by atoms with E-state index >= 15 is 0 Å². The maximum atomic E-state index is 12.9. The molecule has 2 aromatic carbocycles. The maximum Gasteiger partial charge on any atom is 0.254 e. The molecule has 0 saturated heterocycles. The van der Waals surface area contributed by atoms with E-state index in [1.807, 2.05) is 0 Å². The second-order valence-electron chi connectivity index (χ2n) is 6.19. The lowest BCUT2D eigenvalue weighted by molar-refractivity contribution is -0.116. The van der Waals surface area contributed by atoms with Crippen molar-refractivity contribution in [1.82, 2.24) is 4.90 Å². The van der Waals surface area contributed by atoms with Gasteiger partial charge >= 0.3 is 0 Å². The van der Waals surface area contributed by atoms with Gasteiger partial charge in [0, 0.05) is 18.3 Å². The summed E-state index contributed by atoms with van der Waals surface area (Å²) >= 11 is 13.1. The second-order valence-corrected chi connectivity index (χ2v) is 7.95. The number of nitrogens with zero attached hydrogens (tertiary/aromatic N) is 1. The van der Waals surface area contributed by atoms with E-state index in [-0.39, 0.29) is 17.9 Å². The van der Waals surface area contributed by atoms with Crippen LogP contribution in [0.15, 0.2) is 60.0 Å². The topological polar surface area (TPSA) is 66.5 Å². The normalized spacial score (nSPS) is 10.4. The summed E-state index contributed by atoms with van der Waals surface area (Å²) in [7, 11) is 1.50. The average molecular weight is 447 g/mol. The number of halogens is 2. The number of likely N-dealkylation sites (N-methyl/N-ethyl adjacent to an activating group) is 1. The van der Waals surface area contributed by atoms with Crippen molar-refractivity contribution in [3.05, 3.63) is 86.0 Å². The number of nitrogens with one attached hydrogen (secondary N) is 1. The molecule has 5 nitrogen and oxygen atoms in total. The van der Waals surface area contributed by atoms with Crippen LogP contribution in [-0.2, 0) is 4.79 Å². The molecule has 8 heteroatoms. The summed E-state index contributed by atoms with van der Waals surface area (Å²) in [5.74, 6) is -1.05. The SMILES string of the molecule is CN(CC(=O)Nc1ccc(Cl)c(Cl)c1)C(=O)c1ccccc1C(=O)c1cccs1. The molecule has 0 unspecified atom stereocenters. The zero-order valence-electron chi connectivity index (χ0n) is 15.3. The van der Waals surface area contributed by atoms with E-state index < -0.39 is 11.8 Å². The Morgan fingerprint density at radius 3 is 2.34 bits per heavy atom. The standard InChI is InChI=1S/C21H16Cl2N2O3S/c1-25(12-19(26)24-13-8-9-16(22)17(23)11-13)21(28)15-6-3-2-5-14(15)20(27)18-7-4-10-29-18/h2-11H,12H2,1H3,(H,24,26). The van der Waals surface area contributed by atoms with Gasteiger partial charge in [0.25, 0.3) is 5.91 Å². The molecular weight excluding hydrogens is 431 g/mol. The molecule has 3 rings (SSSR count). The molecule has 0 aliphatic heterocycles. The van der Waals surface area contributed by atoms with E-state index in [0.717, 1.165) is 0 Å². The zero-order chi connectivity index (χ0) is 21.0. The van der Waals surface area contributed by atoms with Gasteiger partial charge in [-0.25, -0.2) is 0 Å². The molecule has 148 valence electrons. The van der Waals surface area contributed by atoms with Crippen molar-refractivity contribution in [2.75, 3.05) is 18.9 Å². The molecule has 0 saturated carbocycles. The van der Waals surface area contributed by atoms with Crippen molar-refractivity contribution < 1.29 is 14.4 Å². The monoisotopic (exact) mass is 446 g/mol. The Morgan fingerprint density at radius 1 is 0.966 bits per heavy atom. The van der Waals surface area contributed by atoms with Gasteiger partial charge in [-0.3, -0.25) is 14.4 Å². The Hall–Kier alpha value is -2.67. The van der Waals surface area contributed by atoms with Crippen LogP contribution < -0.4 is 5.32 Å². The summed E-state index contributed by atoms with van der Waals surface area (Å²) < 4.78 is 0. The number of ketones is 1. The van der Waals surface area contributed by atoms with Crippen LogP contribution in [0, 0.1) is 0 Å². The number of benzene rings is 2. The number of carbonyl (C=O) groups is 3. The first-order valence-corrected chi connectivity index (χ1v) is 10.2. The number of rotatable bonds is 6. The third-order valence-electron chi connectivity index (χ3n) is 4.08. The zero-order valence-corrected chi connectivity index (χ0v) is 17.6. The quantitative estimate of drug-likeness (QED) is 0.541. The molecule has 0 fully saturated rings. The lowest BCUT2D eigenvalue weighted by Crippen LogP contribution is -2.35. The molecule has 2 amide bonds.